The molecule has 0 aromatic carbocycles. The summed E-state index contributed by atoms with van der Waals surface area (Å²) in [4.78, 5) is 12.5. The van der Waals surface area contributed by atoms with E-state index >= 15 is 0 Å². The van der Waals surface area contributed by atoms with E-state index in [0.29, 0.717) is 37.5 Å². The van der Waals surface area contributed by atoms with Gasteiger partial charge in [0, 0.05) is 12.8 Å². The second-order valence-corrected chi connectivity index (χ2v) is 15.2. The minimum atomic E-state index is -1.33. The van der Waals surface area contributed by atoms with Crippen LogP contribution >= 0.6 is 0 Å². The highest BCUT2D eigenvalue weighted by Crippen LogP contribution is 2.76. The van der Waals surface area contributed by atoms with Crippen LogP contribution in [0.15, 0.2) is 11.6 Å². The van der Waals surface area contributed by atoms with Gasteiger partial charge in [0.05, 0.1) is 17.3 Å². The molecule has 4 aliphatic carbocycles. The van der Waals surface area contributed by atoms with Gasteiger partial charge in [0.25, 0.3) is 0 Å². The summed E-state index contributed by atoms with van der Waals surface area (Å²) >= 11 is 0. The number of rotatable bonds is 5. The first kappa shape index (κ1) is 29.1. The molecule has 0 unspecified atom stereocenters. The van der Waals surface area contributed by atoms with Crippen molar-refractivity contribution in [2.75, 3.05) is 0 Å². The number of hydrogen-bond donors (Lipinski definition) is 3. The Morgan fingerprint density at radius 3 is 2.22 bits per heavy atom. The van der Waals surface area contributed by atoms with Gasteiger partial charge in [-0.15, -0.1) is 0 Å². The summed E-state index contributed by atoms with van der Waals surface area (Å²) in [6.07, 6.45) is 8.47. The van der Waals surface area contributed by atoms with Gasteiger partial charge in [-0.25, -0.2) is 0 Å². The standard InChI is InChI=1S/C32H54O5/c1-20(2)11-10-14-31(9,35)32(36)18-17-30(8)26(32)22(37-21(3)33)19-24-28(6)15-13-25(34)27(4,5)23(28)12-16-29(24,30)7/h11,22-26,34-36H,10,12-19H2,1-9H3/t22-,23+,24-,25-,26+,28+,29-,30-,31+,32-/m1/s1. The van der Waals surface area contributed by atoms with E-state index in [1.165, 1.54) is 12.5 Å². The van der Waals surface area contributed by atoms with Gasteiger partial charge in [-0.2, -0.15) is 0 Å². The van der Waals surface area contributed by atoms with Gasteiger partial charge in [0.15, 0.2) is 0 Å². The van der Waals surface area contributed by atoms with Crippen LogP contribution < -0.4 is 0 Å². The van der Waals surface area contributed by atoms with Crippen LogP contribution in [0.4, 0.5) is 0 Å². The molecule has 0 aliphatic heterocycles. The number of ether oxygens (including phenoxy) is 1. The first-order valence-corrected chi connectivity index (χ1v) is 14.8. The molecule has 5 heteroatoms. The molecule has 0 aromatic rings. The molecule has 0 saturated heterocycles. The number of carbonyl (C=O) groups is 1. The molecular weight excluding hydrogens is 464 g/mol. The van der Waals surface area contributed by atoms with E-state index in [1.807, 2.05) is 0 Å². The number of allylic oxidation sites excluding steroid dienone is 2. The zero-order valence-electron chi connectivity index (χ0n) is 25.0. The number of aliphatic hydroxyl groups is 3. The predicted octanol–water partition coefficient (Wildman–Crippen LogP) is 6.19. The predicted molar refractivity (Wildman–Crippen MR) is 147 cm³/mol. The van der Waals surface area contributed by atoms with Crippen LogP contribution in [0.3, 0.4) is 0 Å². The molecule has 0 amide bonds. The fraction of sp³-hybridized carbons (Fsp3) is 0.906. The summed E-state index contributed by atoms with van der Waals surface area (Å²) < 4.78 is 6.12. The summed E-state index contributed by atoms with van der Waals surface area (Å²) in [5.41, 5.74) is -1.89. The summed E-state index contributed by atoms with van der Waals surface area (Å²) in [5.74, 6) is 0.0713. The highest BCUT2D eigenvalue weighted by Gasteiger charge is 2.75. The third kappa shape index (κ3) is 4.08. The lowest BCUT2D eigenvalue weighted by Gasteiger charge is -2.71. The second kappa shape index (κ2) is 9.06. The topological polar surface area (TPSA) is 87.0 Å². The molecule has 4 saturated carbocycles. The maximum atomic E-state index is 12.5. The van der Waals surface area contributed by atoms with Gasteiger partial charge in [-0.3, -0.25) is 4.79 Å². The Labute approximate surface area is 225 Å². The van der Waals surface area contributed by atoms with Gasteiger partial charge in [0.2, 0.25) is 0 Å². The van der Waals surface area contributed by atoms with Gasteiger partial charge in [-0.05, 0) is 112 Å². The van der Waals surface area contributed by atoms with Crippen molar-refractivity contribution in [1.82, 2.24) is 0 Å². The Balaban J connectivity index is 1.79. The van der Waals surface area contributed by atoms with E-state index in [2.05, 4.69) is 54.5 Å². The summed E-state index contributed by atoms with van der Waals surface area (Å²) in [6, 6.07) is 0. The number of fused-ring (bicyclic) bond motifs is 5. The Morgan fingerprint density at radius 2 is 1.62 bits per heavy atom. The van der Waals surface area contributed by atoms with Crippen molar-refractivity contribution in [2.24, 2.45) is 39.4 Å². The van der Waals surface area contributed by atoms with Crippen molar-refractivity contribution in [1.29, 1.82) is 0 Å². The van der Waals surface area contributed by atoms with Crippen LogP contribution in [-0.2, 0) is 9.53 Å². The molecule has 3 N–H and O–H groups in total. The van der Waals surface area contributed by atoms with Crippen LogP contribution in [0, 0.1) is 39.4 Å². The van der Waals surface area contributed by atoms with Crippen molar-refractivity contribution < 1.29 is 24.9 Å². The average molecular weight is 519 g/mol. The molecule has 37 heavy (non-hydrogen) atoms. The lowest BCUT2D eigenvalue weighted by molar-refractivity contribution is -0.274. The van der Waals surface area contributed by atoms with E-state index in [4.69, 9.17) is 4.74 Å². The van der Waals surface area contributed by atoms with Crippen molar-refractivity contribution in [3.8, 4) is 0 Å². The number of hydrogen-bond acceptors (Lipinski definition) is 5. The molecule has 4 fully saturated rings. The van der Waals surface area contributed by atoms with E-state index in [9.17, 15) is 20.1 Å². The fourth-order valence-corrected chi connectivity index (χ4v) is 10.6. The maximum absolute atomic E-state index is 12.5. The Kier molecular flexibility index (Phi) is 7.12. The van der Waals surface area contributed by atoms with E-state index in [0.717, 1.165) is 32.1 Å². The Bertz CT molecular complexity index is 933. The third-order valence-corrected chi connectivity index (χ3v) is 12.8. The van der Waals surface area contributed by atoms with Crippen molar-refractivity contribution in [2.45, 2.75) is 144 Å². The van der Waals surface area contributed by atoms with Crippen LogP contribution in [-0.4, -0.2) is 44.7 Å². The first-order chi connectivity index (χ1) is 16.9. The van der Waals surface area contributed by atoms with Crippen molar-refractivity contribution in [3.05, 3.63) is 11.6 Å². The summed E-state index contributed by atoms with van der Waals surface area (Å²) in [7, 11) is 0. The molecule has 10 atom stereocenters. The second-order valence-electron chi connectivity index (χ2n) is 15.2. The maximum Gasteiger partial charge on any atom is 0.302 e. The smallest absolute Gasteiger partial charge is 0.302 e. The monoisotopic (exact) mass is 518 g/mol. The molecule has 0 spiro atoms. The lowest BCUT2D eigenvalue weighted by atomic mass is 9.35. The zero-order chi connectivity index (χ0) is 27.8. The molecule has 0 bridgehead atoms. The molecule has 4 aliphatic rings. The first-order valence-electron chi connectivity index (χ1n) is 14.8. The number of aliphatic hydroxyl groups excluding tert-OH is 1. The van der Waals surface area contributed by atoms with Gasteiger partial charge in [-0.1, -0.05) is 46.3 Å². The largest absolute Gasteiger partial charge is 0.462 e. The summed E-state index contributed by atoms with van der Waals surface area (Å²) in [6.45, 7) is 19.0. The van der Waals surface area contributed by atoms with Crippen molar-refractivity contribution in [3.63, 3.8) is 0 Å². The van der Waals surface area contributed by atoms with Crippen molar-refractivity contribution >= 4 is 5.97 Å². The highest BCUT2D eigenvalue weighted by atomic mass is 16.5. The van der Waals surface area contributed by atoms with Crippen LogP contribution in [0.25, 0.3) is 0 Å². The fourth-order valence-electron chi connectivity index (χ4n) is 10.6. The van der Waals surface area contributed by atoms with Gasteiger partial charge < -0.3 is 20.1 Å². The SMILES string of the molecule is CC(=O)O[C@@H]1C[C@@H]2[C@@]3(C)CC[C@@H](O)C(C)(C)[C@@H]3CC[C@@]2(C)[C@]2(C)CC[C@](O)([C@@](C)(O)CCC=C(C)C)[C@@H]12. The van der Waals surface area contributed by atoms with Crippen LogP contribution in [0.1, 0.15) is 120 Å². The quantitative estimate of drug-likeness (QED) is 0.299. The number of esters is 1. The molecular formula is C32H54O5. The molecule has 5 nitrogen and oxygen atoms in total. The van der Waals surface area contributed by atoms with Gasteiger partial charge >= 0.3 is 5.97 Å². The molecule has 0 radical (unpaired) electrons. The summed E-state index contributed by atoms with van der Waals surface area (Å²) in [5, 5.41) is 35.3. The van der Waals surface area contributed by atoms with E-state index in [-0.39, 0.29) is 39.7 Å². The minimum Gasteiger partial charge on any atom is -0.462 e. The molecule has 0 aromatic heterocycles. The van der Waals surface area contributed by atoms with E-state index in [1.54, 1.807) is 6.92 Å². The Hall–Kier alpha value is -0.910. The molecule has 212 valence electrons. The molecule has 0 heterocycles. The van der Waals surface area contributed by atoms with Crippen LogP contribution in [0.5, 0.6) is 0 Å². The number of carbonyl (C=O) groups excluding carboxylic acids is 1. The normalized spacial score (nSPS) is 48.2. The highest BCUT2D eigenvalue weighted by molar-refractivity contribution is 5.66. The average Bonchev–Trinajstić information content (AvgIpc) is 3.06. The third-order valence-electron chi connectivity index (χ3n) is 12.8. The van der Waals surface area contributed by atoms with E-state index < -0.39 is 17.3 Å². The zero-order valence-corrected chi connectivity index (χ0v) is 25.0. The van der Waals surface area contributed by atoms with Crippen LogP contribution in [0.2, 0.25) is 0 Å². The van der Waals surface area contributed by atoms with Gasteiger partial charge in [0.1, 0.15) is 6.10 Å². The molecule has 4 rings (SSSR count). The minimum absolute atomic E-state index is 0.0226. The lowest BCUT2D eigenvalue weighted by Crippen LogP contribution is -2.70. The Morgan fingerprint density at radius 1 is 0.973 bits per heavy atom.